The van der Waals surface area contributed by atoms with Crippen molar-refractivity contribution < 1.29 is 18.0 Å². The van der Waals surface area contributed by atoms with Crippen LogP contribution in [0.4, 0.5) is 13.2 Å². The van der Waals surface area contributed by atoms with Gasteiger partial charge in [-0.3, -0.25) is 4.79 Å². The summed E-state index contributed by atoms with van der Waals surface area (Å²) in [4.78, 5) is 11.8. The lowest BCUT2D eigenvalue weighted by Crippen LogP contribution is -2.40. The van der Waals surface area contributed by atoms with Crippen LogP contribution in [-0.2, 0) is 4.79 Å². The summed E-state index contributed by atoms with van der Waals surface area (Å²) in [7, 11) is 0. The number of carbonyl (C=O) groups excluding carboxylic acids is 1. The highest BCUT2D eigenvalue weighted by molar-refractivity contribution is 5.82. The predicted molar refractivity (Wildman–Crippen MR) is 52.7 cm³/mol. The van der Waals surface area contributed by atoms with E-state index in [0.717, 1.165) is 4.90 Å². The molecule has 16 heavy (non-hydrogen) atoms. The van der Waals surface area contributed by atoms with Gasteiger partial charge in [-0.25, -0.2) is 0 Å². The second-order valence-electron chi connectivity index (χ2n) is 3.90. The maximum absolute atomic E-state index is 12.1. The van der Waals surface area contributed by atoms with Gasteiger partial charge < -0.3 is 16.0 Å². The van der Waals surface area contributed by atoms with Crippen LogP contribution in [0.5, 0.6) is 0 Å². The molecule has 1 aliphatic rings. The lowest BCUT2D eigenvalue weighted by atomic mass is 10.1. The van der Waals surface area contributed by atoms with Gasteiger partial charge in [-0.2, -0.15) is 13.2 Å². The molecule has 94 valence electrons. The number of nitrogens with zero attached hydrogens (tertiary/aromatic N) is 1. The fourth-order valence-electron chi connectivity index (χ4n) is 1.77. The third-order valence-electron chi connectivity index (χ3n) is 2.57. The quantitative estimate of drug-likeness (QED) is 0.676. The molecule has 3 N–H and O–H groups in total. The molecule has 1 unspecified atom stereocenters. The molecule has 1 fully saturated rings. The Labute approximate surface area is 92.0 Å². The van der Waals surface area contributed by atoms with Crippen LogP contribution in [0.2, 0.25) is 0 Å². The van der Waals surface area contributed by atoms with Crippen LogP contribution in [0.15, 0.2) is 0 Å². The Morgan fingerprint density at radius 2 is 2.19 bits per heavy atom. The summed E-state index contributed by atoms with van der Waals surface area (Å²) < 4.78 is 36.3. The number of rotatable bonds is 4. The zero-order chi connectivity index (χ0) is 12.2. The fraction of sp³-hybridized carbons (Fsp3) is 0.889. The van der Waals surface area contributed by atoms with Crippen LogP contribution in [-0.4, -0.2) is 49.7 Å². The van der Waals surface area contributed by atoms with Gasteiger partial charge in [0.25, 0.3) is 0 Å². The Balaban J connectivity index is 2.32. The van der Waals surface area contributed by atoms with Gasteiger partial charge in [0.2, 0.25) is 0 Å². The third-order valence-corrected chi connectivity index (χ3v) is 2.57. The van der Waals surface area contributed by atoms with Crippen molar-refractivity contribution in [1.82, 2.24) is 10.2 Å². The third kappa shape index (κ3) is 3.64. The van der Waals surface area contributed by atoms with Crippen LogP contribution in [0.1, 0.15) is 6.42 Å². The summed E-state index contributed by atoms with van der Waals surface area (Å²) in [5, 5.41) is 3.03. The van der Waals surface area contributed by atoms with E-state index >= 15 is 0 Å². The first kappa shape index (κ1) is 13.2. The number of alkyl halides is 3. The van der Waals surface area contributed by atoms with Gasteiger partial charge in [0.05, 0.1) is 0 Å². The van der Waals surface area contributed by atoms with Gasteiger partial charge in [-0.1, -0.05) is 0 Å². The molecule has 1 rings (SSSR count). The highest BCUT2D eigenvalue weighted by atomic mass is 19.4. The van der Waals surface area contributed by atoms with Gasteiger partial charge >= 0.3 is 12.1 Å². The molecule has 0 radical (unpaired) electrons. The van der Waals surface area contributed by atoms with Gasteiger partial charge in [0.15, 0.2) is 0 Å². The molecule has 1 heterocycles. The van der Waals surface area contributed by atoms with Crippen molar-refractivity contribution in [3.05, 3.63) is 0 Å². The van der Waals surface area contributed by atoms with Crippen molar-refractivity contribution in [3.63, 3.8) is 0 Å². The molecule has 7 heteroatoms. The summed E-state index contributed by atoms with van der Waals surface area (Å²) in [6, 6.07) is 0. The standard InChI is InChI=1S/C9H16F3N3O/c10-9(11,12)8(16)15-4-1-7(6-15)5-14-3-2-13/h7,14H,1-6,13H2. The van der Waals surface area contributed by atoms with E-state index in [1.54, 1.807) is 0 Å². The Hall–Kier alpha value is -0.820. The molecule has 0 bridgehead atoms. The molecule has 0 aromatic rings. The number of halogens is 3. The maximum Gasteiger partial charge on any atom is 0.471 e. The SMILES string of the molecule is NCCNCC1CCN(C(=O)C(F)(F)F)C1. The van der Waals surface area contributed by atoms with Crippen molar-refractivity contribution in [1.29, 1.82) is 0 Å². The fourth-order valence-corrected chi connectivity index (χ4v) is 1.77. The first-order chi connectivity index (χ1) is 7.45. The van der Waals surface area contributed by atoms with E-state index in [1.807, 2.05) is 0 Å². The molecular weight excluding hydrogens is 223 g/mol. The van der Waals surface area contributed by atoms with Crippen LogP contribution >= 0.6 is 0 Å². The van der Waals surface area contributed by atoms with E-state index in [9.17, 15) is 18.0 Å². The van der Waals surface area contributed by atoms with Crippen molar-refractivity contribution >= 4 is 5.91 Å². The highest BCUT2D eigenvalue weighted by Gasteiger charge is 2.44. The minimum Gasteiger partial charge on any atom is -0.335 e. The Morgan fingerprint density at radius 1 is 1.50 bits per heavy atom. The first-order valence-corrected chi connectivity index (χ1v) is 5.22. The van der Waals surface area contributed by atoms with Gasteiger partial charge in [0.1, 0.15) is 0 Å². The second kappa shape index (κ2) is 5.49. The van der Waals surface area contributed by atoms with Crippen molar-refractivity contribution in [2.45, 2.75) is 12.6 Å². The number of nitrogens with two attached hydrogens (primary N) is 1. The van der Waals surface area contributed by atoms with Gasteiger partial charge in [-0.05, 0) is 18.9 Å². The monoisotopic (exact) mass is 239 g/mol. The summed E-state index contributed by atoms with van der Waals surface area (Å²) in [5.74, 6) is -1.63. The van der Waals surface area contributed by atoms with Crippen LogP contribution < -0.4 is 11.1 Å². The summed E-state index contributed by atoms with van der Waals surface area (Å²) in [5.41, 5.74) is 5.27. The lowest BCUT2D eigenvalue weighted by molar-refractivity contribution is -0.184. The summed E-state index contributed by atoms with van der Waals surface area (Å²) in [6.07, 6.45) is -4.14. The van der Waals surface area contributed by atoms with E-state index in [2.05, 4.69) is 5.32 Å². The van der Waals surface area contributed by atoms with E-state index < -0.39 is 12.1 Å². The van der Waals surface area contributed by atoms with Crippen LogP contribution in [0.25, 0.3) is 0 Å². The molecule has 1 saturated heterocycles. The van der Waals surface area contributed by atoms with Crippen molar-refractivity contribution in [2.75, 3.05) is 32.7 Å². The molecule has 0 saturated carbocycles. The van der Waals surface area contributed by atoms with E-state index in [0.29, 0.717) is 26.1 Å². The van der Waals surface area contributed by atoms with Crippen molar-refractivity contribution in [3.8, 4) is 0 Å². The Bertz CT molecular complexity index is 245. The smallest absolute Gasteiger partial charge is 0.335 e. The predicted octanol–water partition coefficient (Wildman–Crippen LogP) is -0.0545. The van der Waals surface area contributed by atoms with Crippen molar-refractivity contribution in [2.24, 2.45) is 11.7 Å². The number of hydrogen-bond donors (Lipinski definition) is 2. The number of amides is 1. The summed E-state index contributed by atoms with van der Waals surface area (Å²) >= 11 is 0. The van der Waals surface area contributed by atoms with Gasteiger partial charge in [0, 0.05) is 26.2 Å². The Morgan fingerprint density at radius 3 is 2.75 bits per heavy atom. The molecular formula is C9H16F3N3O. The Kier molecular flexibility index (Phi) is 4.55. The zero-order valence-corrected chi connectivity index (χ0v) is 8.89. The zero-order valence-electron chi connectivity index (χ0n) is 8.89. The van der Waals surface area contributed by atoms with Crippen LogP contribution in [0.3, 0.4) is 0 Å². The average molecular weight is 239 g/mol. The molecule has 4 nitrogen and oxygen atoms in total. The van der Waals surface area contributed by atoms with E-state index in [1.165, 1.54) is 0 Å². The topological polar surface area (TPSA) is 58.4 Å². The lowest BCUT2D eigenvalue weighted by Gasteiger charge is -2.18. The highest BCUT2D eigenvalue weighted by Crippen LogP contribution is 2.23. The molecule has 0 aromatic heterocycles. The average Bonchev–Trinajstić information content (AvgIpc) is 2.64. The number of nitrogens with one attached hydrogen (secondary N) is 1. The van der Waals surface area contributed by atoms with Gasteiger partial charge in [-0.15, -0.1) is 0 Å². The minimum atomic E-state index is -4.75. The minimum absolute atomic E-state index is 0.0952. The van der Waals surface area contributed by atoms with E-state index in [4.69, 9.17) is 5.73 Å². The molecule has 1 amide bonds. The number of carbonyl (C=O) groups is 1. The normalized spacial score (nSPS) is 21.5. The van der Waals surface area contributed by atoms with Crippen LogP contribution in [0, 0.1) is 5.92 Å². The summed E-state index contributed by atoms with van der Waals surface area (Å²) in [6.45, 7) is 2.11. The van der Waals surface area contributed by atoms with E-state index in [-0.39, 0.29) is 19.0 Å². The first-order valence-electron chi connectivity index (χ1n) is 5.22. The molecule has 0 aromatic carbocycles. The molecule has 0 spiro atoms. The number of hydrogen-bond acceptors (Lipinski definition) is 3. The molecule has 1 atom stereocenters. The number of likely N-dealkylation sites (tertiary alicyclic amines) is 1. The largest absolute Gasteiger partial charge is 0.471 e. The second-order valence-corrected chi connectivity index (χ2v) is 3.90. The maximum atomic E-state index is 12.1. The molecule has 1 aliphatic heterocycles. The molecule has 0 aliphatic carbocycles.